The van der Waals surface area contributed by atoms with Gasteiger partial charge in [0.1, 0.15) is 0 Å². The molecule has 2 heterocycles. The van der Waals surface area contributed by atoms with E-state index in [9.17, 15) is 9.90 Å². The Balaban J connectivity index is 1.83. The lowest BCUT2D eigenvalue weighted by Gasteiger charge is -2.31. The van der Waals surface area contributed by atoms with Gasteiger partial charge in [0, 0.05) is 22.6 Å². The third-order valence-electron chi connectivity index (χ3n) is 4.78. The zero-order chi connectivity index (χ0) is 17.4. The Labute approximate surface area is 155 Å². The van der Waals surface area contributed by atoms with Crippen LogP contribution in [0.1, 0.15) is 32.8 Å². The molecule has 1 N–H and O–H groups in total. The first kappa shape index (κ1) is 17.1. The second-order valence-electron chi connectivity index (χ2n) is 6.23. The van der Waals surface area contributed by atoms with Crippen LogP contribution >= 0.6 is 24.2 Å². The van der Waals surface area contributed by atoms with E-state index in [1.54, 1.807) is 11.3 Å². The summed E-state index contributed by atoms with van der Waals surface area (Å²) in [5, 5.41) is 9.90. The van der Waals surface area contributed by atoms with Crippen LogP contribution in [0.15, 0.2) is 24.3 Å². The standard InChI is InChI=1S/C18H18O5S2/c19-17(20)15-13-9-18(21-7-8-22-18)6-5-14(13)25-16(15)12-4-2-1-3-11(12)10-23-24/h1-4,24H,5-10H2,(H,19,20). The Morgan fingerprint density at radius 2 is 2.08 bits per heavy atom. The zero-order valence-corrected chi connectivity index (χ0v) is 15.2. The minimum Gasteiger partial charge on any atom is -0.478 e. The number of ether oxygens (including phenoxy) is 2. The number of benzene rings is 1. The first-order valence-electron chi connectivity index (χ1n) is 8.14. The van der Waals surface area contributed by atoms with E-state index in [4.69, 9.17) is 13.7 Å². The molecule has 1 aliphatic heterocycles. The van der Waals surface area contributed by atoms with Gasteiger partial charge >= 0.3 is 5.97 Å². The highest BCUT2D eigenvalue weighted by Gasteiger charge is 2.43. The molecule has 0 bridgehead atoms. The van der Waals surface area contributed by atoms with E-state index in [2.05, 4.69) is 12.9 Å². The molecule has 0 atom stereocenters. The molecule has 0 radical (unpaired) electrons. The third-order valence-corrected chi connectivity index (χ3v) is 6.23. The molecule has 1 aromatic heterocycles. The van der Waals surface area contributed by atoms with Crippen molar-refractivity contribution >= 4 is 30.2 Å². The van der Waals surface area contributed by atoms with Crippen molar-refractivity contribution in [1.29, 1.82) is 0 Å². The Morgan fingerprint density at radius 1 is 1.32 bits per heavy atom. The van der Waals surface area contributed by atoms with Gasteiger partial charge in [-0.25, -0.2) is 4.79 Å². The highest BCUT2D eigenvalue weighted by molar-refractivity contribution is 7.75. The summed E-state index contributed by atoms with van der Waals surface area (Å²) < 4.78 is 16.6. The fourth-order valence-electron chi connectivity index (χ4n) is 3.66. The fraction of sp³-hybridized carbons (Fsp3) is 0.389. The quantitative estimate of drug-likeness (QED) is 0.627. The average Bonchev–Trinajstić information content (AvgIpc) is 3.20. The van der Waals surface area contributed by atoms with Gasteiger partial charge in [-0.1, -0.05) is 24.3 Å². The van der Waals surface area contributed by atoms with Crippen LogP contribution in [0, 0.1) is 0 Å². The molecule has 7 heteroatoms. The van der Waals surface area contributed by atoms with Crippen molar-refractivity contribution < 1.29 is 23.6 Å². The number of hydrogen-bond acceptors (Lipinski definition) is 6. The molecular formula is C18H18O5S2. The summed E-state index contributed by atoms with van der Waals surface area (Å²) in [6, 6.07) is 7.69. The number of carboxylic acid groups (broad SMARTS) is 1. The predicted octanol–water partition coefficient (Wildman–Crippen LogP) is 3.71. The maximum absolute atomic E-state index is 12.1. The van der Waals surface area contributed by atoms with Crippen molar-refractivity contribution in [2.75, 3.05) is 13.2 Å². The number of rotatable bonds is 4. The maximum atomic E-state index is 12.1. The van der Waals surface area contributed by atoms with Crippen LogP contribution in [-0.2, 0) is 33.1 Å². The van der Waals surface area contributed by atoms with Gasteiger partial charge in [0.25, 0.3) is 0 Å². The Kier molecular flexibility index (Phi) is 4.59. The van der Waals surface area contributed by atoms with E-state index < -0.39 is 11.8 Å². The smallest absolute Gasteiger partial charge is 0.337 e. The molecule has 2 aromatic rings. The lowest BCUT2D eigenvalue weighted by molar-refractivity contribution is -0.163. The third kappa shape index (κ3) is 3.00. The van der Waals surface area contributed by atoms with Gasteiger partial charge in [0.05, 0.1) is 25.4 Å². The van der Waals surface area contributed by atoms with Crippen LogP contribution in [0.25, 0.3) is 10.4 Å². The molecule has 1 aliphatic carbocycles. The summed E-state index contributed by atoms with van der Waals surface area (Å²) in [4.78, 5) is 14.0. The van der Waals surface area contributed by atoms with Crippen molar-refractivity contribution in [3.63, 3.8) is 0 Å². The summed E-state index contributed by atoms with van der Waals surface area (Å²) in [7, 11) is 0. The van der Waals surface area contributed by atoms with Crippen LogP contribution in [0.5, 0.6) is 0 Å². The summed E-state index contributed by atoms with van der Waals surface area (Å²) in [6.45, 7) is 1.45. The van der Waals surface area contributed by atoms with Gasteiger partial charge in [-0.05, 0) is 36.0 Å². The molecule has 0 unspecified atom stereocenters. The Morgan fingerprint density at radius 3 is 2.80 bits per heavy atom. The highest BCUT2D eigenvalue weighted by Crippen LogP contribution is 2.45. The van der Waals surface area contributed by atoms with E-state index in [1.165, 1.54) is 0 Å². The lowest BCUT2D eigenvalue weighted by Crippen LogP contribution is -2.37. The molecule has 1 spiro atoms. The van der Waals surface area contributed by atoms with Crippen molar-refractivity contribution in [1.82, 2.24) is 0 Å². The van der Waals surface area contributed by atoms with Crippen LogP contribution in [-0.4, -0.2) is 30.1 Å². The molecule has 25 heavy (non-hydrogen) atoms. The van der Waals surface area contributed by atoms with E-state index in [0.29, 0.717) is 31.8 Å². The fourth-order valence-corrected chi connectivity index (χ4v) is 5.17. The minimum absolute atomic E-state index is 0.317. The predicted molar refractivity (Wildman–Crippen MR) is 97.1 cm³/mol. The molecular weight excluding hydrogens is 360 g/mol. The minimum atomic E-state index is -0.913. The van der Waals surface area contributed by atoms with Crippen LogP contribution in [0.2, 0.25) is 0 Å². The summed E-state index contributed by atoms with van der Waals surface area (Å²) in [5.74, 6) is -1.56. The molecule has 132 valence electrons. The second-order valence-corrected chi connectivity index (χ2v) is 7.59. The van der Waals surface area contributed by atoms with E-state index in [1.807, 2.05) is 24.3 Å². The van der Waals surface area contributed by atoms with Gasteiger partial charge in [0.2, 0.25) is 0 Å². The number of thiophene rings is 1. The Bertz CT molecular complexity index is 808. The number of carboxylic acids is 1. The SMILES string of the molecule is O=C(O)c1c(-c2ccccc2COS)sc2c1CC1(CC2)OCCO1. The summed E-state index contributed by atoms with van der Waals surface area (Å²) in [5.41, 5.74) is 3.02. The molecule has 1 saturated heterocycles. The number of fused-ring (bicyclic) bond motifs is 1. The molecule has 1 aromatic carbocycles. The molecule has 5 nitrogen and oxygen atoms in total. The topological polar surface area (TPSA) is 65.0 Å². The maximum Gasteiger partial charge on any atom is 0.337 e. The van der Waals surface area contributed by atoms with Crippen LogP contribution < -0.4 is 0 Å². The lowest BCUT2D eigenvalue weighted by atomic mass is 9.89. The molecule has 2 aliphatic rings. The first-order valence-corrected chi connectivity index (χ1v) is 9.32. The zero-order valence-electron chi connectivity index (χ0n) is 13.5. The van der Waals surface area contributed by atoms with Gasteiger partial charge in [-0.2, -0.15) is 0 Å². The second kappa shape index (κ2) is 6.74. The highest BCUT2D eigenvalue weighted by atomic mass is 32.1. The summed E-state index contributed by atoms with van der Waals surface area (Å²) >= 11 is 5.39. The van der Waals surface area contributed by atoms with Crippen LogP contribution in [0.4, 0.5) is 0 Å². The molecule has 0 amide bonds. The summed E-state index contributed by atoms with van der Waals surface area (Å²) in [6.07, 6.45) is 2.03. The Hall–Kier alpha value is -1.38. The van der Waals surface area contributed by atoms with Gasteiger partial charge in [-0.3, -0.25) is 0 Å². The number of thiol groups is 1. The molecule has 0 saturated carbocycles. The van der Waals surface area contributed by atoms with Gasteiger partial charge in [0.15, 0.2) is 5.79 Å². The van der Waals surface area contributed by atoms with E-state index in [0.717, 1.165) is 39.3 Å². The number of aromatic carboxylic acids is 1. The van der Waals surface area contributed by atoms with Crippen molar-refractivity contribution in [3.05, 3.63) is 45.8 Å². The van der Waals surface area contributed by atoms with Crippen molar-refractivity contribution in [3.8, 4) is 10.4 Å². The van der Waals surface area contributed by atoms with Gasteiger partial charge < -0.3 is 18.8 Å². The number of carbonyl (C=O) groups is 1. The van der Waals surface area contributed by atoms with Crippen molar-refractivity contribution in [2.45, 2.75) is 31.7 Å². The normalized spacial score (nSPS) is 18.4. The number of aryl methyl sites for hydroxylation is 1. The van der Waals surface area contributed by atoms with Crippen molar-refractivity contribution in [2.24, 2.45) is 0 Å². The molecule has 4 rings (SSSR count). The first-order chi connectivity index (χ1) is 12.1. The van der Waals surface area contributed by atoms with Crippen LogP contribution in [0.3, 0.4) is 0 Å². The molecule has 1 fully saturated rings. The number of hydrogen-bond donors (Lipinski definition) is 2. The average molecular weight is 378 g/mol. The monoisotopic (exact) mass is 378 g/mol. The van der Waals surface area contributed by atoms with Gasteiger partial charge in [-0.15, -0.1) is 11.3 Å². The van der Waals surface area contributed by atoms with E-state index >= 15 is 0 Å². The van der Waals surface area contributed by atoms with E-state index in [-0.39, 0.29) is 0 Å². The largest absolute Gasteiger partial charge is 0.478 e.